The molecule has 1 atom stereocenters. The number of nitrogens with zero attached hydrogens (tertiary/aromatic N) is 1. The first-order valence-corrected chi connectivity index (χ1v) is 10.9. The number of benzene rings is 2. The number of halogens is 1. The lowest BCUT2D eigenvalue weighted by atomic mass is 10.1. The predicted molar refractivity (Wildman–Crippen MR) is 119 cm³/mol. The van der Waals surface area contributed by atoms with Crippen molar-refractivity contribution in [3.8, 4) is 0 Å². The molecule has 2 aromatic carbocycles. The summed E-state index contributed by atoms with van der Waals surface area (Å²) >= 11 is 6.21. The lowest BCUT2D eigenvalue weighted by Crippen LogP contribution is -3.30. The van der Waals surface area contributed by atoms with E-state index < -0.39 is 0 Å². The molecule has 2 aliphatic heterocycles. The molecule has 30 heavy (non-hydrogen) atoms. The normalized spacial score (nSPS) is 24.7. The average Bonchev–Trinajstić information content (AvgIpc) is 3.05. The summed E-state index contributed by atoms with van der Waals surface area (Å²) in [5, 5.41) is 0.574. The lowest BCUT2D eigenvalue weighted by Gasteiger charge is -2.31. The largest absolute Gasteiger partial charge is 0.322 e. The van der Waals surface area contributed by atoms with Crippen LogP contribution in [0.15, 0.2) is 54.6 Å². The van der Waals surface area contributed by atoms with Gasteiger partial charge in [-0.2, -0.15) is 0 Å². The Balaban J connectivity index is 1.35. The highest BCUT2D eigenvalue weighted by Crippen LogP contribution is 2.29. The molecule has 2 aromatic rings. The van der Waals surface area contributed by atoms with Crippen molar-refractivity contribution in [3.05, 3.63) is 70.8 Å². The molecule has 2 aliphatic rings. The topological polar surface area (TPSA) is 46.3 Å². The van der Waals surface area contributed by atoms with Crippen LogP contribution in [0, 0.1) is 6.92 Å². The number of imide groups is 1. The van der Waals surface area contributed by atoms with Crippen molar-refractivity contribution in [3.63, 3.8) is 0 Å². The molecule has 5 nitrogen and oxygen atoms in total. The fourth-order valence-electron chi connectivity index (χ4n) is 4.45. The minimum Gasteiger partial charge on any atom is -0.322 e. The van der Waals surface area contributed by atoms with E-state index in [1.165, 1.54) is 20.3 Å². The van der Waals surface area contributed by atoms with Crippen molar-refractivity contribution < 1.29 is 19.4 Å². The second-order valence-electron chi connectivity index (χ2n) is 8.13. The second kappa shape index (κ2) is 9.13. The number of hydrogen-bond donors (Lipinski definition) is 2. The van der Waals surface area contributed by atoms with Gasteiger partial charge >= 0.3 is 0 Å². The van der Waals surface area contributed by atoms with Crippen LogP contribution in [0.4, 0.5) is 5.69 Å². The van der Waals surface area contributed by atoms with Crippen LogP contribution in [-0.2, 0) is 9.59 Å². The molecule has 6 heteroatoms. The third kappa shape index (κ3) is 4.33. The predicted octanol–water partition coefficient (Wildman–Crippen LogP) is 0.777. The Morgan fingerprint density at radius 3 is 2.50 bits per heavy atom. The number of amides is 2. The van der Waals surface area contributed by atoms with E-state index in [1.54, 1.807) is 18.2 Å². The Bertz CT molecular complexity index is 952. The van der Waals surface area contributed by atoms with Gasteiger partial charge in [0, 0.05) is 5.02 Å². The highest BCUT2D eigenvalue weighted by atomic mass is 35.5. The average molecular weight is 426 g/mol. The van der Waals surface area contributed by atoms with Gasteiger partial charge in [-0.1, -0.05) is 54.1 Å². The Hall–Kier alpha value is -2.47. The zero-order chi connectivity index (χ0) is 21.1. The smallest absolute Gasteiger partial charge is 0.292 e. The van der Waals surface area contributed by atoms with Gasteiger partial charge in [0.25, 0.3) is 5.91 Å². The molecule has 0 saturated carbocycles. The van der Waals surface area contributed by atoms with Crippen LogP contribution < -0.4 is 14.7 Å². The van der Waals surface area contributed by atoms with Gasteiger partial charge in [-0.25, -0.2) is 4.90 Å². The Morgan fingerprint density at radius 1 is 1.03 bits per heavy atom. The van der Waals surface area contributed by atoms with Gasteiger partial charge in [-0.05, 0) is 36.3 Å². The van der Waals surface area contributed by atoms with Crippen molar-refractivity contribution in [1.82, 2.24) is 0 Å². The van der Waals surface area contributed by atoms with E-state index in [9.17, 15) is 9.59 Å². The maximum absolute atomic E-state index is 13.1. The quantitative estimate of drug-likeness (QED) is 0.695. The van der Waals surface area contributed by atoms with Crippen LogP contribution in [0.3, 0.4) is 0 Å². The van der Waals surface area contributed by atoms with Crippen LogP contribution in [0.1, 0.15) is 17.5 Å². The molecule has 0 aliphatic carbocycles. The molecule has 2 amide bonds. The van der Waals surface area contributed by atoms with Gasteiger partial charge in [-0.3, -0.25) is 9.59 Å². The first kappa shape index (κ1) is 20.8. The molecular formula is C24H28ClN3O2+2. The number of hydrogen-bond acceptors (Lipinski definition) is 2. The fourth-order valence-corrected chi connectivity index (χ4v) is 4.61. The number of anilines is 1. The molecule has 156 valence electrons. The number of quaternary nitrogens is 2. The van der Waals surface area contributed by atoms with Gasteiger partial charge < -0.3 is 9.80 Å². The number of carbonyl (C=O) groups excluding carboxylic acids is 2. The molecule has 2 heterocycles. The first-order chi connectivity index (χ1) is 14.5. The summed E-state index contributed by atoms with van der Waals surface area (Å²) in [4.78, 5) is 29.9. The number of piperazine rings is 1. The summed E-state index contributed by atoms with van der Waals surface area (Å²) < 4.78 is 0. The van der Waals surface area contributed by atoms with Crippen LogP contribution in [0.2, 0.25) is 5.02 Å². The van der Waals surface area contributed by atoms with Crippen LogP contribution in [0.5, 0.6) is 0 Å². The molecular weight excluding hydrogens is 398 g/mol. The summed E-state index contributed by atoms with van der Waals surface area (Å²) in [5.74, 6) is -0.212. The van der Waals surface area contributed by atoms with E-state index in [0.29, 0.717) is 10.7 Å². The SMILES string of the molecule is Cc1c(Cl)cccc1N1C(=O)C[C@@H]([NH+]2CC[NH+](C/C=C/c3ccccc3)CC2)C1=O. The molecule has 2 fully saturated rings. The number of carbonyl (C=O) groups is 2. The maximum Gasteiger partial charge on any atom is 0.292 e. The van der Waals surface area contributed by atoms with E-state index in [4.69, 9.17) is 11.6 Å². The lowest BCUT2D eigenvalue weighted by molar-refractivity contribution is -1.02. The van der Waals surface area contributed by atoms with Crippen molar-refractivity contribution in [2.24, 2.45) is 0 Å². The summed E-state index contributed by atoms with van der Waals surface area (Å²) in [5.41, 5.74) is 2.61. The second-order valence-corrected chi connectivity index (χ2v) is 8.54. The third-order valence-electron chi connectivity index (χ3n) is 6.24. The zero-order valence-corrected chi connectivity index (χ0v) is 18.0. The number of rotatable bonds is 5. The van der Waals surface area contributed by atoms with E-state index >= 15 is 0 Å². The van der Waals surface area contributed by atoms with Gasteiger partial charge in [0.2, 0.25) is 5.91 Å². The molecule has 0 radical (unpaired) electrons. The Kier molecular flexibility index (Phi) is 6.32. The van der Waals surface area contributed by atoms with E-state index in [2.05, 4.69) is 24.3 Å². The molecule has 4 rings (SSSR count). The minimum atomic E-state index is -0.280. The molecule has 2 N–H and O–H groups in total. The van der Waals surface area contributed by atoms with Gasteiger partial charge in [0.15, 0.2) is 6.04 Å². The van der Waals surface area contributed by atoms with Gasteiger partial charge in [0.1, 0.15) is 26.2 Å². The van der Waals surface area contributed by atoms with Crippen LogP contribution in [0.25, 0.3) is 6.08 Å². The molecule has 0 spiro atoms. The molecule has 0 unspecified atom stereocenters. The molecule has 0 aromatic heterocycles. The van der Waals surface area contributed by atoms with Crippen molar-refractivity contribution in [1.29, 1.82) is 0 Å². The maximum atomic E-state index is 13.1. The van der Waals surface area contributed by atoms with Gasteiger partial charge in [-0.15, -0.1) is 0 Å². The van der Waals surface area contributed by atoms with E-state index in [-0.39, 0.29) is 24.3 Å². The van der Waals surface area contributed by atoms with Crippen LogP contribution in [-0.4, -0.2) is 50.6 Å². The highest BCUT2D eigenvalue weighted by molar-refractivity contribution is 6.32. The first-order valence-electron chi connectivity index (χ1n) is 10.6. The molecule has 0 bridgehead atoms. The minimum absolute atomic E-state index is 0.0900. The summed E-state index contributed by atoms with van der Waals surface area (Å²) in [6.45, 7) is 6.64. The Morgan fingerprint density at radius 2 is 1.77 bits per heavy atom. The summed E-state index contributed by atoms with van der Waals surface area (Å²) in [6, 6.07) is 15.4. The van der Waals surface area contributed by atoms with Crippen molar-refractivity contribution in [2.45, 2.75) is 19.4 Å². The summed E-state index contributed by atoms with van der Waals surface area (Å²) in [6.07, 6.45) is 4.67. The van der Waals surface area contributed by atoms with Crippen molar-refractivity contribution >= 4 is 35.2 Å². The van der Waals surface area contributed by atoms with E-state index in [1.807, 2.05) is 25.1 Å². The molecule has 2 saturated heterocycles. The zero-order valence-electron chi connectivity index (χ0n) is 17.2. The fraction of sp³-hybridized carbons (Fsp3) is 0.333. The summed E-state index contributed by atoms with van der Waals surface area (Å²) in [7, 11) is 0. The van der Waals surface area contributed by atoms with Crippen molar-refractivity contribution in [2.75, 3.05) is 37.6 Å². The number of nitrogens with one attached hydrogen (secondary N) is 2. The van der Waals surface area contributed by atoms with E-state index in [0.717, 1.165) is 38.3 Å². The van der Waals surface area contributed by atoms with Crippen LogP contribution >= 0.6 is 11.6 Å². The third-order valence-corrected chi connectivity index (χ3v) is 6.64. The Labute approximate surface area is 182 Å². The monoisotopic (exact) mass is 425 g/mol. The standard InChI is InChI=1S/C24H26ClN3O2/c1-18-20(25)10-5-11-21(18)28-23(29)17-22(24(28)30)27-15-13-26(14-16-27)12-6-9-19-7-3-2-4-8-19/h2-11,22H,12-17H2,1H3/p+2/b9-6+/t22-/m1/s1. The highest BCUT2D eigenvalue weighted by Gasteiger charge is 2.47. The van der Waals surface area contributed by atoms with Gasteiger partial charge in [0.05, 0.1) is 18.7 Å².